The number of likely N-dealkylation sites (tertiary alicyclic amines) is 1. The molecule has 0 aromatic heterocycles. The van der Waals surface area contributed by atoms with Crippen LogP contribution in [0.1, 0.15) is 20.7 Å². The molecule has 134 valence electrons. The van der Waals surface area contributed by atoms with E-state index in [0.29, 0.717) is 11.3 Å². The van der Waals surface area contributed by atoms with E-state index in [1.54, 1.807) is 12.1 Å². The topological polar surface area (TPSA) is 92.5 Å². The first-order chi connectivity index (χ1) is 12.3. The van der Waals surface area contributed by atoms with E-state index in [2.05, 4.69) is 5.32 Å². The van der Waals surface area contributed by atoms with Crippen LogP contribution in [-0.2, 0) is 4.79 Å². The number of anilines is 1. The number of amides is 3. The lowest BCUT2D eigenvalue weighted by atomic mass is 9.97. The van der Waals surface area contributed by atoms with Crippen LogP contribution in [0.4, 0.5) is 14.5 Å². The van der Waals surface area contributed by atoms with Gasteiger partial charge in [0.2, 0.25) is 11.8 Å². The number of primary amides is 1. The summed E-state index contributed by atoms with van der Waals surface area (Å²) in [6, 6.07) is 9.04. The Hall–Kier alpha value is -3.29. The molecule has 0 aliphatic carbocycles. The number of rotatable bonds is 4. The Morgan fingerprint density at radius 3 is 2.15 bits per heavy atom. The number of hydrogen-bond donors (Lipinski definition) is 2. The summed E-state index contributed by atoms with van der Waals surface area (Å²) in [5.41, 5.74) is 6.01. The van der Waals surface area contributed by atoms with Gasteiger partial charge in [-0.3, -0.25) is 14.4 Å². The normalized spacial score (nSPS) is 13.8. The van der Waals surface area contributed by atoms with Crippen molar-refractivity contribution in [1.29, 1.82) is 0 Å². The van der Waals surface area contributed by atoms with E-state index in [9.17, 15) is 23.2 Å². The molecule has 0 unspecified atom stereocenters. The van der Waals surface area contributed by atoms with E-state index in [4.69, 9.17) is 5.73 Å². The third-order valence-electron chi connectivity index (χ3n) is 4.14. The Morgan fingerprint density at radius 1 is 0.962 bits per heavy atom. The molecule has 3 rings (SSSR count). The van der Waals surface area contributed by atoms with Crippen LogP contribution in [0.15, 0.2) is 42.5 Å². The first-order valence-corrected chi connectivity index (χ1v) is 7.80. The lowest BCUT2D eigenvalue weighted by Crippen LogP contribution is -2.54. The number of benzene rings is 2. The molecule has 0 bridgehead atoms. The summed E-state index contributed by atoms with van der Waals surface area (Å²) < 4.78 is 26.1. The summed E-state index contributed by atoms with van der Waals surface area (Å²) in [6.07, 6.45) is 0. The molecule has 1 aliphatic rings. The Balaban J connectivity index is 1.55. The van der Waals surface area contributed by atoms with Crippen molar-refractivity contribution in [3.63, 3.8) is 0 Å². The second-order valence-electron chi connectivity index (χ2n) is 5.97. The highest BCUT2D eigenvalue weighted by molar-refractivity contribution is 5.99. The molecule has 2 aromatic rings. The minimum absolute atomic E-state index is 0.0322. The lowest BCUT2D eigenvalue weighted by molar-refractivity contribution is -0.123. The molecule has 1 heterocycles. The van der Waals surface area contributed by atoms with Gasteiger partial charge in [-0.05, 0) is 42.5 Å². The van der Waals surface area contributed by atoms with Crippen LogP contribution in [0, 0.1) is 17.6 Å². The number of halogens is 2. The quantitative estimate of drug-likeness (QED) is 0.871. The first-order valence-electron chi connectivity index (χ1n) is 7.80. The van der Waals surface area contributed by atoms with E-state index in [0.717, 1.165) is 12.1 Å². The van der Waals surface area contributed by atoms with Gasteiger partial charge in [-0.15, -0.1) is 0 Å². The zero-order chi connectivity index (χ0) is 18.8. The standard InChI is InChI=1S/C18H15F2N3O3/c19-14-6-3-11(7-15(14)20)18(26)23-8-12(9-23)17(25)22-13-4-1-10(2-5-13)16(21)24/h1-7,12H,8-9H2,(H2,21,24)(H,22,25). The van der Waals surface area contributed by atoms with Gasteiger partial charge in [0.1, 0.15) is 0 Å². The zero-order valence-corrected chi connectivity index (χ0v) is 13.5. The van der Waals surface area contributed by atoms with Crippen molar-refractivity contribution in [3.8, 4) is 0 Å². The third-order valence-corrected chi connectivity index (χ3v) is 4.14. The molecule has 1 aliphatic heterocycles. The Bertz CT molecular complexity index is 878. The molecule has 0 atom stereocenters. The molecule has 0 spiro atoms. The maximum Gasteiger partial charge on any atom is 0.254 e. The van der Waals surface area contributed by atoms with Gasteiger partial charge in [-0.1, -0.05) is 0 Å². The third kappa shape index (κ3) is 3.53. The summed E-state index contributed by atoms with van der Waals surface area (Å²) in [5, 5.41) is 2.69. The van der Waals surface area contributed by atoms with Gasteiger partial charge in [0.05, 0.1) is 5.92 Å². The fraction of sp³-hybridized carbons (Fsp3) is 0.167. The molecule has 0 radical (unpaired) electrons. The fourth-order valence-electron chi connectivity index (χ4n) is 2.58. The van der Waals surface area contributed by atoms with Crippen molar-refractivity contribution in [2.45, 2.75) is 0 Å². The molecule has 26 heavy (non-hydrogen) atoms. The molecule has 0 saturated carbocycles. The number of hydrogen-bond acceptors (Lipinski definition) is 3. The van der Waals surface area contributed by atoms with Crippen molar-refractivity contribution in [2.24, 2.45) is 11.7 Å². The molecule has 6 nitrogen and oxygen atoms in total. The fourth-order valence-corrected chi connectivity index (χ4v) is 2.58. The molecule has 1 fully saturated rings. The Morgan fingerprint density at radius 2 is 1.58 bits per heavy atom. The van der Waals surface area contributed by atoms with E-state index in [-0.39, 0.29) is 24.6 Å². The SMILES string of the molecule is NC(=O)c1ccc(NC(=O)C2CN(C(=O)c3ccc(F)c(F)c3)C2)cc1. The van der Waals surface area contributed by atoms with Gasteiger partial charge < -0.3 is 16.0 Å². The monoisotopic (exact) mass is 359 g/mol. The van der Waals surface area contributed by atoms with Crippen molar-refractivity contribution >= 4 is 23.4 Å². The van der Waals surface area contributed by atoms with Gasteiger partial charge in [0.25, 0.3) is 5.91 Å². The first kappa shape index (κ1) is 17.5. The van der Waals surface area contributed by atoms with Crippen LogP contribution < -0.4 is 11.1 Å². The summed E-state index contributed by atoms with van der Waals surface area (Å²) in [6.45, 7) is 0.367. The number of carbonyl (C=O) groups excluding carboxylic acids is 3. The molecule has 3 N–H and O–H groups in total. The maximum atomic E-state index is 13.2. The van der Waals surface area contributed by atoms with Gasteiger partial charge >= 0.3 is 0 Å². The second-order valence-corrected chi connectivity index (χ2v) is 5.97. The van der Waals surface area contributed by atoms with Crippen LogP contribution in [0.25, 0.3) is 0 Å². The minimum Gasteiger partial charge on any atom is -0.366 e. The average Bonchev–Trinajstić information content (AvgIpc) is 2.56. The average molecular weight is 359 g/mol. The van der Waals surface area contributed by atoms with Gasteiger partial charge in [0, 0.05) is 29.9 Å². The predicted molar refractivity (Wildman–Crippen MR) is 89.3 cm³/mol. The summed E-state index contributed by atoms with van der Waals surface area (Å²) in [5.74, 6) is -3.81. The highest BCUT2D eigenvalue weighted by Gasteiger charge is 2.36. The highest BCUT2D eigenvalue weighted by atomic mass is 19.2. The van der Waals surface area contributed by atoms with E-state index < -0.39 is 29.4 Å². The molecular weight excluding hydrogens is 344 g/mol. The summed E-state index contributed by atoms with van der Waals surface area (Å²) >= 11 is 0. The van der Waals surface area contributed by atoms with Crippen LogP contribution >= 0.6 is 0 Å². The Labute approximate surface area is 147 Å². The number of nitrogens with one attached hydrogen (secondary N) is 1. The molecule has 3 amide bonds. The predicted octanol–water partition coefficient (Wildman–Crippen LogP) is 1.77. The van der Waals surface area contributed by atoms with Crippen LogP contribution in [0.3, 0.4) is 0 Å². The van der Waals surface area contributed by atoms with Crippen LogP contribution in [0.5, 0.6) is 0 Å². The smallest absolute Gasteiger partial charge is 0.254 e. The largest absolute Gasteiger partial charge is 0.366 e. The van der Waals surface area contributed by atoms with Crippen molar-refractivity contribution < 1.29 is 23.2 Å². The summed E-state index contributed by atoms with van der Waals surface area (Å²) in [7, 11) is 0. The Kier molecular flexibility index (Phi) is 4.66. The number of nitrogens with zero attached hydrogens (tertiary/aromatic N) is 1. The molecule has 2 aromatic carbocycles. The molecular formula is C18H15F2N3O3. The van der Waals surface area contributed by atoms with Crippen molar-refractivity contribution in [1.82, 2.24) is 4.90 Å². The zero-order valence-electron chi connectivity index (χ0n) is 13.5. The van der Waals surface area contributed by atoms with Crippen LogP contribution in [0.2, 0.25) is 0 Å². The number of carbonyl (C=O) groups is 3. The summed E-state index contributed by atoms with van der Waals surface area (Å²) in [4.78, 5) is 36.7. The molecule has 8 heteroatoms. The maximum absolute atomic E-state index is 13.2. The van der Waals surface area contributed by atoms with Gasteiger partial charge in [0.15, 0.2) is 11.6 Å². The highest BCUT2D eigenvalue weighted by Crippen LogP contribution is 2.21. The molecule has 1 saturated heterocycles. The van der Waals surface area contributed by atoms with Gasteiger partial charge in [-0.2, -0.15) is 0 Å². The van der Waals surface area contributed by atoms with Gasteiger partial charge in [-0.25, -0.2) is 8.78 Å². The van der Waals surface area contributed by atoms with E-state index in [1.165, 1.54) is 23.1 Å². The lowest BCUT2D eigenvalue weighted by Gasteiger charge is -2.38. The number of nitrogens with two attached hydrogens (primary N) is 1. The van der Waals surface area contributed by atoms with E-state index in [1.807, 2.05) is 0 Å². The van der Waals surface area contributed by atoms with E-state index >= 15 is 0 Å². The van der Waals surface area contributed by atoms with Crippen molar-refractivity contribution in [3.05, 3.63) is 65.2 Å². The minimum atomic E-state index is -1.09. The van der Waals surface area contributed by atoms with Crippen molar-refractivity contribution in [2.75, 3.05) is 18.4 Å². The second kappa shape index (κ2) is 6.91. The van der Waals surface area contributed by atoms with Crippen LogP contribution in [-0.4, -0.2) is 35.7 Å².